The minimum Gasteiger partial charge on any atom is -0.508 e. The van der Waals surface area contributed by atoms with Gasteiger partial charge in [0.15, 0.2) is 0 Å². The van der Waals surface area contributed by atoms with E-state index in [4.69, 9.17) is 0 Å². The second kappa shape index (κ2) is 7.53. The first-order valence-electron chi connectivity index (χ1n) is 7.48. The molecule has 2 rings (SSSR count). The van der Waals surface area contributed by atoms with Gasteiger partial charge in [-0.1, -0.05) is 50.1 Å². The van der Waals surface area contributed by atoms with Gasteiger partial charge in [0, 0.05) is 0 Å². The van der Waals surface area contributed by atoms with Gasteiger partial charge in [0.25, 0.3) is 0 Å². The molecule has 21 heavy (non-hydrogen) atoms. The lowest BCUT2D eigenvalue weighted by atomic mass is 10.0. The largest absolute Gasteiger partial charge is 0.508 e. The Kier molecular flexibility index (Phi) is 5.44. The zero-order valence-corrected chi connectivity index (χ0v) is 12.4. The number of unbranched alkanes of at least 4 members (excludes halogenated alkanes) is 2. The predicted molar refractivity (Wildman–Crippen MR) is 88.4 cm³/mol. The molecular formula is C19H22O2. The van der Waals surface area contributed by atoms with Crippen molar-refractivity contribution in [3.63, 3.8) is 0 Å². The van der Waals surface area contributed by atoms with E-state index in [0.717, 1.165) is 29.5 Å². The van der Waals surface area contributed by atoms with Gasteiger partial charge in [0.2, 0.25) is 0 Å². The van der Waals surface area contributed by atoms with E-state index in [2.05, 4.69) is 6.92 Å². The molecule has 0 aliphatic rings. The maximum atomic E-state index is 9.90. The van der Waals surface area contributed by atoms with Crippen LogP contribution in [-0.4, -0.2) is 10.2 Å². The molecule has 0 aromatic heterocycles. The van der Waals surface area contributed by atoms with Gasteiger partial charge in [-0.15, -0.1) is 0 Å². The van der Waals surface area contributed by atoms with Crippen LogP contribution in [0.1, 0.15) is 42.9 Å². The van der Waals surface area contributed by atoms with E-state index in [1.54, 1.807) is 18.2 Å². The van der Waals surface area contributed by atoms with Crippen molar-refractivity contribution in [2.75, 3.05) is 0 Å². The summed E-state index contributed by atoms with van der Waals surface area (Å²) in [6.07, 6.45) is 8.42. The first kappa shape index (κ1) is 15.2. The Morgan fingerprint density at radius 2 is 1.52 bits per heavy atom. The fourth-order valence-corrected chi connectivity index (χ4v) is 2.25. The second-order valence-corrected chi connectivity index (χ2v) is 5.27. The molecule has 0 unspecified atom stereocenters. The molecule has 2 aromatic carbocycles. The highest BCUT2D eigenvalue weighted by molar-refractivity contribution is 5.70. The summed E-state index contributed by atoms with van der Waals surface area (Å²) in [5.41, 5.74) is 3.12. The fourth-order valence-electron chi connectivity index (χ4n) is 2.25. The summed E-state index contributed by atoms with van der Waals surface area (Å²) >= 11 is 0. The van der Waals surface area contributed by atoms with Crippen LogP contribution in [0.5, 0.6) is 11.5 Å². The summed E-state index contributed by atoms with van der Waals surface area (Å²) in [6, 6.07) is 12.8. The first-order chi connectivity index (χ1) is 10.2. The molecule has 0 spiro atoms. The van der Waals surface area contributed by atoms with E-state index in [1.165, 1.54) is 12.8 Å². The van der Waals surface area contributed by atoms with Crippen LogP contribution in [-0.2, 0) is 6.42 Å². The third-order valence-electron chi connectivity index (χ3n) is 3.51. The average molecular weight is 282 g/mol. The van der Waals surface area contributed by atoms with E-state index in [9.17, 15) is 10.2 Å². The molecule has 0 radical (unpaired) electrons. The molecule has 2 aromatic rings. The van der Waals surface area contributed by atoms with E-state index in [-0.39, 0.29) is 5.75 Å². The van der Waals surface area contributed by atoms with Crippen LogP contribution in [0.25, 0.3) is 12.2 Å². The molecule has 0 amide bonds. The predicted octanol–water partition coefficient (Wildman–Crippen LogP) is 5.00. The van der Waals surface area contributed by atoms with Crippen molar-refractivity contribution in [2.24, 2.45) is 0 Å². The van der Waals surface area contributed by atoms with Crippen LogP contribution in [0.4, 0.5) is 0 Å². The zero-order valence-electron chi connectivity index (χ0n) is 12.4. The molecule has 110 valence electrons. The summed E-state index contributed by atoms with van der Waals surface area (Å²) < 4.78 is 0. The van der Waals surface area contributed by atoms with Gasteiger partial charge >= 0.3 is 0 Å². The lowest BCUT2D eigenvalue weighted by Gasteiger charge is -2.05. The SMILES string of the molecule is CCCCCc1cc(C=Cc2ccc(O)cc2)ccc1O. The molecule has 2 nitrogen and oxygen atoms in total. The molecule has 0 saturated heterocycles. The summed E-state index contributed by atoms with van der Waals surface area (Å²) in [6.45, 7) is 2.18. The normalized spacial score (nSPS) is 11.1. The molecule has 0 atom stereocenters. The maximum absolute atomic E-state index is 9.90. The third kappa shape index (κ3) is 4.67. The van der Waals surface area contributed by atoms with Gasteiger partial charge in [-0.05, 0) is 53.8 Å². The summed E-state index contributed by atoms with van der Waals surface area (Å²) in [7, 11) is 0. The minimum atomic E-state index is 0.273. The number of phenols is 2. The Hall–Kier alpha value is -2.22. The summed E-state index contributed by atoms with van der Waals surface area (Å²) in [5.74, 6) is 0.655. The van der Waals surface area contributed by atoms with Crippen LogP contribution in [0.15, 0.2) is 42.5 Å². The monoisotopic (exact) mass is 282 g/mol. The van der Waals surface area contributed by atoms with Crippen molar-refractivity contribution < 1.29 is 10.2 Å². The van der Waals surface area contributed by atoms with E-state index in [1.807, 2.05) is 36.4 Å². The second-order valence-electron chi connectivity index (χ2n) is 5.27. The Bertz CT molecular complexity index is 597. The van der Waals surface area contributed by atoms with Gasteiger partial charge in [-0.2, -0.15) is 0 Å². The van der Waals surface area contributed by atoms with Gasteiger partial charge in [-0.3, -0.25) is 0 Å². The highest BCUT2D eigenvalue weighted by Gasteiger charge is 2.01. The van der Waals surface area contributed by atoms with Crippen LogP contribution in [0, 0.1) is 0 Å². The third-order valence-corrected chi connectivity index (χ3v) is 3.51. The van der Waals surface area contributed by atoms with Crippen LogP contribution < -0.4 is 0 Å². The molecule has 0 bridgehead atoms. The number of rotatable bonds is 6. The number of benzene rings is 2. The van der Waals surface area contributed by atoms with Gasteiger partial charge in [0.05, 0.1) is 0 Å². The number of hydrogen-bond acceptors (Lipinski definition) is 2. The Morgan fingerprint density at radius 1 is 0.857 bits per heavy atom. The lowest BCUT2D eigenvalue weighted by Crippen LogP contribution is -1.87. The molecule has 0 fully saturated rings. The highest BCUT2D eigenvalue weighted by atomic mass is 16.3. The van der Waals surface area contributed by atoms with Crippen molar-refractivity contribution in [1.29, 1.82) is 0 Å². The summed E-state index contributed by atoms with van der Waals surface area (Å²) in [5, 5.41) is 19.2. The highest BCUT2D eigenvalue weighted by Crippen LogP contribution is 2.22. The Balaban J connectivity index is 2.09. The maximum Gasteiger partial charge on any atom is 0.118 e. The standard InChI is InChI=1S/C19H22O2/c1-2-3-4-5-17-14-16(10-13-19(17)21)7-6-15-8-11-18(20)12-9-15/h6-14,20-21H,2-5H2,1H3. The minimum absolute atomic E-state index is 0.273. The Labute approximate surface area is 126 Å². The quantitative estimate of drug-likeness (QED) is 0.578. The van der Waals surface area contributed by atoms with E-state index >= 15 is 0 Å². The molecule has 2 N–H and O–H groups in total. The molecular weight excluding hydrogens is 260 g/mol. The number of hydrogen-bond donors (Lipinski definition) is 2. The topological polar surface area (TPSA) is 40.5 Å². The first-order valence-corrected chi connectivity index (χ1v) is 7.48. The Morgan fingerprint density at radius 3 is 2.24 bits per heavy atom. The molecule has 0 heterocycles. The zero-order chi connectivity index (χ0) is 15.1. The lowest BCUT2D eigenvalue weighted by molar-refractivity contribution is 0.466. The van der Waals surface area contributed by atoms with Crippen molar-refractivity contribution >= 4 is 12.2 Å². The van der Waals surface area contributed by atoms with E-state index < -0.39 is 0 Å². The molecule has 2 heteroatoms. The van der Waals surface area contributed by atoms with Crippen molar-refractivity contribution in [3.05, 3.63) is 59.2 Å². The van der Waals surface area contributed by atoms with Gasteiger partial charge in [-0.25, -0.2) is 0 Å². The summed E-state index contributed by atoms with van der Waals surface area (Å²) in [4.78, 5) is 0. The van der Waals surface area contributed by atoms with Crippen molar-refractivity contribution in [3.8, 4) is 11.5 Å². The average Bonchev–Trinajstić information content (AvgIpc) is 2.49. The smallest absolute Gasteiger partial charge is 0.118 e. The molecule has 0 aliphatic heterocycles. The van der Waals surface area contributed by atoms with Crippen LogP contribution in [0.2, 0.25) is 0 Å². The van der Waals surface area contributed by atoms with E-state index in [0.29, 0.717) is 5.75 Å². The number of phenolic OH excluding ortho intramolecular Hbond substituents is 2. The van der Waals surface area contributed by atoms with Gasteiger partial charge in [0.1, 0.15) is 11.5 Å². The van der Waals surface area contributed by atoms with Crippen LogP contribution >= 0.6 is 0 Å². The van der Waals surface area contributed by atoms with Crippen LogP contribution in [0.3, 0.4) is 0 Å². The molecule has 0 aliphatic carbocycles. The van der Waals surface area contributed by atoms with Crippen molar-refractivity contribution in [2.45, 2.75) is 32.6 Å². The van der Waals surface area contributed by atoms with Gasteiger partial charge < -0.3 is 10.2 Å². The number of aryl methyl sites for hydroxylation is 1. The van der Waals surface area contributed by atoms with Crippen molar-refractivity contribution in [1.82, 2.24) is 0 Å². The molecule has 0 saturated carbocycles. The fraction of sp³-hybridized carbons (Fsp3) is 0.263. The number of aromatic hydroxyl groups is 2.